The van der Waals surface area contributed by atoms with E-state index in [0.29, 0.717) is 17.1 Å². The molecule has 0 spiro atoms. The van der Waals surface area contributed by atoms with Crippen LogP contribution < -0.4 is 5.32 Å². The van der Waals surface area contributed by atoms with Crippen LogP contribution in [0.4, 0.5) is 4.39 Å². The van der Waals surface area contributed by atoms with Crippen molar-refractivity contribution in [3.8, 4) is 0 Å². The van der Waals surface area contributed by atoms with E-state index in [9.17, 15) is 17.6 Å². The van der Waals surface area contributed by atoms with Gasteiger partial charge in [-0.25, -0.2) is 12.8 Å². The second kappa shape index (κ2) is 6.33. The first-order chi connectivity index (χ1) is 9.79. The van der Waals surface area contributed by atoms with Crippen molar-refractivity contribution >= 4 is 27.7 Å². The van der Waals surface area contributed by atoms with Gasteiger partial charge in [0.2, 0.25) is 15.9 Å². The quantitative estimate of drug-likeness (QED) is 0.904. The number of hydrogen-bond donors (Lipinski definition) is 1. The zero-order valence-corrected chi connectivity index (χ0v) is 13.4. The number of rotatable bonds is 4. The summed E-state index contributed by atoms with van der Waals surface area (Å²) >= 11 is 1.43. The summed E-state index contributed by atoms with van der Waals surface area (Å²) in [6.45, 7) is -0.243. The van der Waals surface area contributed by atoms with Gasteiger partial charge >= 0.3 is 0 Å². The molecule has 1 amide bonds. The van der Waals surface area contributed by atoms with Crippen LogP contribution in [0.15, 0.2) is 23.1 Å². The summed E-state index contributed by atoms with van der Waals surface area (Å²) in [7, 11) is -2.05. The average Bonchev–Trinajstić information content (AvgIpc) is 2.38. The van der Waals surface area contributed by atoms with E-state index in [4.69, 9.17) is 0 Å². The predicted octanol–water partition coefficient (Wildman–Crippen LogP) is 1.37. The first-order valence-corrected chi connectivity index (χ1v) is 9.24. The highest BCUT2D eigenvalue weighted by Gasteiger charge is 2.25. The maximum absolute atomic E-state index is 13.7. The number of nitrogens with one attached hydrogen (secondary N) is 1. The molecule has 1 N–H and O–H groups in total. The van der Waals surface area contributed by atoms with Gasteiger partial charge in [-0.2, -0.15) is 4.31 Å². The lowest BCUT2D eigenvalue weighted by atomic mass is 10.0. The Morgan fingerprint density at radius 1 is 1.52 bits per heavy atom. The molecule has 116 valence electrons. The fourth-order valence-corrected chi connectivity index (χ4v) is 3.59. The SMILES string of the molecule is CN(CC(=O)NC1CCSc2c(F)cccc21)S(C)(=O)=O. The lowest BCUT2D eigenvalue weighted by molar-refractivity contribution is -0.121. The number of amides is 1. The first kappa shape index (κ1) is 16.3. The standard InChI is InChI=1S/C13H17FN2O3S2/c1-16(21(2,18)19)8-12(17)15-11-6-7-20-13-9(11)4-3-5-10(13)14/h3-5,11H,6-8H2,1-2H3,(H,15,17). The lowest BCUT2D eigenvalue weighted by Crippen LogP contribution is -2.40. The molecule has 2 rings (SSSR count). The monoisotopic (exact) mass is 332 g/mol. The molecule has 5 nitrogen and oxygen atoms in total. The third-order valence-corrected chi connectivity index (χ3v) is 5.71. The van der Waals surface area contributed by atoms with Crippen LogP contribution in [-0.4, -0.2) is 44.2 Å². The number of fused-ring (bicyclic) bond motifs is 1. The number of benzene rings is 1. The summed E-state index contributed by atoms with van der Waals surface area (Å²) in [6, 6.07) is 4.52. The maximum atomic E-state index is 13.7. The Kier molecular flexibility index (Phi) is 4.90. The molecule has 1 aliphatic heterocycles. The van der Waals surface area contributed by atoms with E-state index in [-0.39, 0.29) is 18.4 Å². The third-order valence-electron chi connectivity index (χ3n) is 3.29. The molecule has 1 unspecified atom stereocenters. The Bertz CT molecular complexity index is 649. The molecule has 1 heterocycles. The van der Waals surface area contributed by atoms with E-state index in [2.05, 4.69) is 5.32 Å². The van der Waals surface area contributed by atoms with Gasteiger partial charge in [-0.05, 0) is 18.1 Å². The highest BCUT2D eigenvalue weighted by atomic mass is 32.2. The van der Waals surface area contributed by atoms with Crippen molar-refractivity contribution in [2.75, 3.05) is 25.6 Å². The number of sulfonamides is 1. The predicted molar refractivity (Wildman–Crippen MR) is 80.1 cm³/mol. The second-order valence-corrected chi connectivity index (χ2v) is 8.13. The molecule has 1 aliphatic rings. The van der Waals surface area contributed by atoms with Crippen molar-refractivity contribution < 1.29 is 17.6 Å². The minimum atomic E-state index is -3.40. The molecule has 1 aromatic carbocycles. The van der Waals surface area contributed by atoms with Gasteiger partial charge in [0.1, 0.15) is 5.82 Å². The van der Waals surface area contributed by atoms with Crippen molar-refractivity contribution in [3.63, 3.8) is 0 Å². The highest BCUT2D eigenvalue weighted by molar-refractivity contribution is 7.99. The zero-order valence-electron chi connectivity index (χ0n) is 11.8. The zero-order chi connectivity index (χ0) is 15.6. The number of nitrogens with zero attached hydrogens (tertiary/aromatic N) is 1. The van der Waals surface area contributed by atoms with Crippen molar-refractivity contribution in [2.24, 2.45) is 0 Å². The lowest BCUT2D eigenvalue weighted by Gasteiger charge is -2.26. The number of likely N-dealkylation sites (N-methyl/N-ethyl adjacent to an activating group) is 1. The van der Waals surface area contributed by atoms with Gasteiger partial charge < -0.3 is 5.32 Å². The molecule has 21 heavy (non-hydrogen) atoms. The molecular formula is C13H17FN2O3S2. The van der Waals surface area contributed by atoms with E-state index in [0.717, 1.165) is 16.1 Å². The second-order valence-electron chi connectivity index (χ2n) is 4.93. The van der Waals surface area contributed by atoms with Crippen LogP contribution in [0.3, 0.4) is 0 Å². The molecule has 8 heteroatoms. The van der Waals surface area contributed by atoms with Crippen LogP contribution in [0.5, 0.6) is 0 Å². The van der Waals surface area contributed by atoms with Crippen molar-refractivity contribution in [1.82, 2.24) is 9.62 Å². The van der Waals surface area contributed by atoms with Gasteiger partial charge in [-0.15, -0.1) is 11.8 Å². The number of carbonyl (C=O) groups is 1. The Labute approximate surface area is 128 Å². The summed E-state index contributed by atoms with van der Waals surface area (Å²) in [6.07, 6.45) is 1.73. The number of hydrogen-bond acceptors (Lipinski definition) is 4. The third kappa shape index (κ3) is 3.96. The average molecular weight is 332 g/mol. The normalized spacial score (nSPS) is 18.4. The van der Waals surface area contributed by atoms with E-state index in [1.165, 1.54) is 24.9 Å². The van der Waals surface area contributed by atoms with Gasteiger partial charge in [0.15, 0.2) is 0 Å². The van der Waals surface area contributed by atoms with Crippen molar-refractivity contribution in [3.05, 3.63) is 29.6 Å². The first-order valence-electron chi connectivity index (χ1n) is 6.41. The van der Waals surface area contributed by atoms with E-state index < -0.39 is 15.9 Å². The largest absolute Gasteiger partial charge is 0.348 e. The van der Waals surface area contributed by atoms with Crippen molar-refractivity contribution in [1.29, 1.82) is 0 Å². The molecule has 0 saturated heterocycles. The van der Waals surface area contributed by atoms with Gasteiger partial charge in [0, 0.05) is 17.7 Å². The van der Waals surface area contributed by atoms with Crippen LogP contribution in [0.25, 0.3) is 0 Å². The molecule has 0 radical (unpaired) electrons. The Hall–Kier alpha value is -1.12. The van der Waals surface area contributed by atoms with Gasteiger partial charge in [0.05, 0.1) is 18.8 Å². The summed E-state index contributed by atoms with van der Waals surface area (Å²) in [5.74, 6) is 0.0283. The molecule has 0 saturated carbocycles. The summed E-state index contributed by atoms with van der Waals surface area (Å²) in [4.78, 5) is 12.5. The number of thioether (sulfide) groups is 1. The van der Waals surface area contributed by atoms with Gasteiger partial charge in [-0.3, -0.25) is 4.79 Å². The Balaban J connectivity index is 2.09. The molecule has 0 fully saturated rings. The van der Waals surface area contributed by atoms with E-state index >= 15 is 0 Å². The minimum Gasteiger partial charge on any atom is -0.348 e. The minimum absolute atomic E-state index is 0.243. The van der Waals surface area contributed by atoms with Gasteiger partial charge in [-0.1, -0.05) is 12.1 Å². The van der Waals surface area contributed by atoms with Crippen molar-refractivity contribution in [2.45, 2.75) is 17.4 Å². The van der Waals surface area contributed by atoms with Gasteiger partial charge in [0.25, 0.3) is 0 Å². The maximum Gasteiger partial charge on any atom is 0.235 e. The summed E-state index contributed by atoms with van der Waals surface area (Å²) in [5, 5.41) is 2.78. The highest BCUT2D eigenvalue weighted by Crippen LogP contribution is 2.37. The van der Waals surface area contributed by atoms with Crippen LogP contribution in [0.1, 0.15) is 18.0 Å². The molecule has 0 aliphatic carbocycles. The Morgan fingerprint density at radius 2 is 2.24 bits per heavy atom. The summed E-state index contributed by atoms with van der Waals surface area (Å²) < 4.78 is 37.3. The smallest absolute Gasteiger partial charge is 0.235 e. The molecular weight excluding hydrogens is 315 g/mol. The molecule has 0 aromatic heterocycles. The van der Waals surface area contributed by atoms with E-state index in [1.807, 2.05) is 0 Å². The fourth-order valence-electron chi connectivity index (χ4n) is 2.10. The fraction of sp³-hybridized carbons (Fsp3) is 0.462. The van der Waals surface area contributed by atoms with E-state index in [1.54, 1.807) is 12.1 Å². The topological polar surface area (TPSA) is 66.5 Å². The Morgan fingerprint density at radius 3 is 2.90 bits per heavy atom. The van der Waals surface area contributed by atoms with Crippen LogP contribution in [-0.2, 0) is 14.8 Å². The molecule has 1 atom stereocenters. The van der Waals surface area contributed by atoms with Crippen LogP contribution in [0.2, 0.25) is 0 Å². The van der Waals surface area contributed by atoms with Crippen LogP contribution >= 0.6 is 11.8 Å². The summed E-state index contributed by atoms with van der Waals surface area (Å²) in [5.41, 5.74) is 0.751. The van der Waals surface area contributed by atoms with Crippen LogP contribution in [0, 0.1) is 5.82 Å². The molecule has 1 aromatic rings. The molecule has 0 bridgehead atoms. The number of halogens is 1. The number of carbonyl (C=O) groups excluding carboxylic acids is 1.